The first-order valence-corrected chi connectivity index (χ1v) is 7.02. The van der Waals surface area contributed by atoms with E-state index in [9.17, 15) is 13.2 Å². The van der Waals surface area contributed by atoms with Crippen LogP contribution in [0.4, 0.5) is 24.5 Å². The quantitative estimate of drug-likeness (QED) is 0.821. The molecule has 0 spiro atoms. The van der Waals surface area contributed by atoms with Gasteiger partial charge in [0.25, 0.3) is 0 Å². The van der Waals surface area contributed by atoms with Gasteiger partial charge in [0, 0.05) is 24.7 Å². The standard InChI is InChI=1S/C14H20F3N3O/c1-2-20-5-3-4-9(8-20)19-12-7-13(21-14(16)17)10(15)6-11(12)18/h6-7,9,14,19H,2-5,8,18H2,1H3. The van der Waals surface area contributed by atoms with Gasteiger partial charge in [-0.3, -0.25) is 0 Å². The van der Waals surface area contributed by atoms with Crippen LogP contribution >= 0.6 is 0 Å². The van der Waals surface area contributed by atoms with Gasteiger partial charge in [0.1, 0.15) is 0 Å². The zero-order valence-electron chi connectivity index (χ0n) is 11.9. The summed E-state index contributed by atoms with van der Waals surface area (Å²) in [6, 6.07) is 2.35. The number of hydrogen-bond acceptors (Lipinski definition) is 4. The number of nitrogen functional groups attached to an aromatic ring is 1. The van der Waals surface area contributed by atoms with E-state index in [0.717, 1.165) is 38.5 Å². The zero-order valence-corrected chi connectivity index (χ0v) is 11.9. The average molecular weight is 303 g/mol. The summed E-state index contributed by atoms with van der Waals surface area (Å²) in [4.78, 5) is 2.29. The maximum atomic E-state index is 13.5. The third-order valence-corrected chi connectivity index (χ3v) is 3.63. The predicted molar refractivity (Wildman–Crippen MR) is 76.2 cm³/mol. The van der Waals surface area contributed by atoms with Crippen molar-refractivity contribution >= 4 is 11.4 Å². The zero-order chi connectivity index (χ0) is 15.4. The number of ether oxygens (including phenoxy) is 1. The second-order valence-corrected chi connectivity index (χ2v) is 5.13. The largest absolute Gasteiger partial charge is 0.432 e. The number of alkyl halides is 2. The fourth-order valence-electron chi connectivity index (χ4n) is 2.56. The van der Waals surface area contributed by atoms with Crippen molar-refractivity contribution in [2.24, 2.45) is 0 Å². The third kappa shape index (κ3) is 4.17. The summed E-state index contributed by atoms with van der Waals surface area (Å²) in [6.45, 7) is 1.87. The van der Waals surface area contributed by atoms with Crippen LogP contribution in [0.1, 0.15) is 19.8 Å². The summed E-state index contributed by atoms with van der Waals surface area (Å²) in [5.41, 5.74) is 6.36. The summed E-state index contributed by atoms with van der Waals surface area (Å²) in [6.07, 6.45) is 2.01. The van der Waals surface area contributed by atoms with E-state index in [1.165, 1.54) is 6.07 Å². The number of hydrogen-bond donors (Lipinski definition) is 2. The molecule has 118 valence electrons. The predicted octanol–water partition coefficient (Wildman–Crippen LogP) is 2.91. The summed E-state index contributed by atoms with van der Waals surface area (Å²) < 4.78 is 42.2. The van der Waals surface area contributed by atoms with E-state index >= 15 is 0 Å². The third-order valence-electron chi connectivity index (χ3n) is 3.63. The van der Waals surface area contributed by atoms with Crippen molar-refractivity contribution in [2.45, 2.75) is 32.4 Å². The molecule has 1 aromatic carbocycles. The van der Waals surface area contributed by atoms with Gasteiger partial charge >= 0.3 is 6.61 Å². The molecule has 2 rings (SSSR count). The lowest BCUT2D eigenvalue weighted by Gasteiger charge is -2.33. The first kappa shape index (κ1) is 15.8. The molecule has 1 heterocycles. The topological polar surface area (TPSA) is 50.5 Å². The molecule has 0 aromatic heterocycles. The molecule has 0 radical (unpaired) electrons. The molecule has 3 N–H and O–H groups in total. The molecule has 1 aliphatic heterocycles. The summed E-state index contributed by atoms with van der Waals surface area (Å²) in [7, 11) is 0. The van der Waals surface area contributed by atoms with Crippen LogP contribution in [0.3, 0.4) is 0 Å². The summed E-state index contributed by atoms with van der Waals surface area (Å²) >= 11 is 0. The number of anilines is 2. The maximum absolute atomic E-state index is 13.5. The van der Waals surface area contributed by atoms with Gasteiger partial charge in [-0.2, -0.15) is 8.78 Å². The lowest BCUT2D eigenvalue weighted by molar-refractivity contribution is -0.0521. The minimum Gasteiger partial charge on any atom is -0.432 e. The molecule has 1 aliphatic rings. The van der Waals surface area contributed by atoms with Crippen LogP contribution in [0, 0.1) is 5.82 Å². The van der Waals surface area contributed by atoms with Crippen LogP contribution in [0.2, 0.25) is 0 Å². The van der Waals surface area contributed by atoms with Gasteiger partial charge in [0.15, 0.2) is 11.6 Å². The Kier molecular flexibility index (Phi) is 5.17. The number of halogens is 3. The number of piperidine rings is 1. The van der Waals surface area contributed by atoms with Crippen molar-refractivity contribution in [3.05, 3.63) is 17.9 Å². The summed E-state index contributed by atoms with van der Waals surface area (Å²) in [5, 5.41) is 3.20. The number of nitrogens with two attached hydrogens (primary N) is 1. The highest BCUT2D eigenvalue weighted by atomic mass is 19.3. The molecule has 1 aromatic rings. The van der Waals surface area contributed by atoms with Crippen LogP contribution < -0.4 is 15.8 Å². The van der Waals surface area contributed by atoms with Crippen molar-refractivity contribution in [3.8, 4) is 5.75 Å². The van der Waals surface area contributed by atoms with Gasteiger partial charge in [-0.1, -0.05) is 6.92 Å². The SMILES string of the molecule is CCN1CCCC(Nc2cc(OC(F)F)c(F)cc2N)C1. The number of likely N-dealkylation sites (N-methyl/N-ethyl adjacent to an activating group) is 1. The lowest BCUT2D eigenvalue weighted by Crippen LogP contribution is -2.41. The van der Waals surface area contributed by atoms with Crippen LogP contribution in [-0.4, -0.2) is 37.2 Å². The van der Waals surface area contributed by atoms with Crippen molar-refractivity contribution < 1.29 is 17.9 Å². The van der Waals surface area contributed by atoms with E-state index < -0.39 is 18.2 Å². The second kappa shape index (κ2) is 6.89. The van der Waals surface area contributed by atoms with Crippen molar-refractivity contribution in [1.82, 2.24) is 4.90 Å². The first-order valence-electron chi connectivity index (χ1n) is 7.02. The highest BCUT2D eigenvalue weighted by Gasteiger charge is 2.20. The molecule has 1 fully saturated rings. The Morgan fingerprint density at radius 3 is 2.90 bits per heavy atom. The number of nitrogens with one attached hydrogen (secondary N) is 1. The fourth-order valence-corrected chi connectivity index (χ4v) is 2.56. The van der Waals surface area contributed by atoms with E-state index in [-0.39, 0.29) is 11.7 Å². The molecule has 0 bridgehead atoms. The molecule has 4 nitrogen and oxygen atoms in total. The Bertz CT molecular complexity index is 485. The highest BCUT2D eigenvalue weighted by Crippen LogP contribution is 2.30. The van der Waals surface area contributed by atoms with Crippen molar-refractivity contribution in [1.29, 1.82) is 0 Å². The van der Waals surface area contributed by atoms with Crippen LogP contribution in [-0.2, 0) is 0 Å². The molecular formula is C14H20F3N3O. The number of benzene rings is 1. The molecule has 0 aliphatic carbocycles. The van der Waals surface area contributed by atoms with Gasteiger partial charge in [0.2, 0.25) is 0 Å². The monoisotopic (exact) mass is 303 g/mol. The maximum Gasteiger partial charge on any atom is 0.387 e. The molecule has 0 amide bonds. The molecule has 1 saturated heterocycles. The number of rotatable bonds is 5. The van der Waals surface area contributed by atoms with Gasteiger partial charge in [0.05, 0.1) is 11.4 Å². The van der Waals surface area contributed by atoms with Crippen LogP contribution in [0.25, 0.3) is 0 Å². The van der Waals surface area contributed by atoms with E-state index in [1.807, 2.05) is 0 Å². The van der Waals surface area contributed by atoms with E-state index in [4.69, 9.17) is 5.73 Å². The minimum absolute atomic E-state index is 0.158. The van der Waals surface area contributed by atoms with Crippen LogP contribution in [0.5, 0.6) is 5.75 Å². The van der Waals surface area contributed by atoms with Gasteiger partial charge in [-0.25, -0.2) is 4.39 Å². The first-order chi connectivity index (χ1) is 9.99. The average Bonchev–Trinajstić information content (AvgIpc) is 2.44. The molecule has 7 heteroatoms. The normalized spacial score (nSPS) is 19.8. The Labute approximate surface area is 122 Å². The minimum atomic E-state index is -3.07. The summed E-state index contributed by atoms with van der Waals surface area (Å²) in [5.74, 6) is -1.39. The van der Waals surface area contributed by atoms with Crippen molar-refractivity contribution in [3.63, 3.8) is 0 Å². The number of nitrogens with zero attached hydrogens (tertiary/aromatic N) is 1. The highest BCUT2D eigenvalue weighted by molar-refractivity contribution is 5.69. The Balaban J connectivity index is 2.11. The number of likely N-dealkylation sites (tertiary alicyclic amines) is 1. The van der Waals surface area contributed by atoms with Gasteiger partial charge in [-0.05, 0) is 25.9 Å². The van der Waals surface area contributed by atoms with E-state index in [1.54, 1.807) is 0 Å². The van der Waals surface area contributed by atoms with E-state index in [0.29, 0.717) is 5.69 Å². The Hall–Kier alpha value is -1.63. The van der Waals surface area contributed by atoms with Gasteiger partial charge in [-0.15, -0.1) is 0 Å². The smallest absolute Gasteiger partial charge is 0.387 e. The molecule has 1 unspecified atom stereocenters. The molecule has 0 saturated carbocycles. The van der Waals surface area contributed by atoms with E-state index in [2.05, 4.69) is 21.9 Å². The lowest BCUT2D eigenvalue weighted by atomic mass is 10.1. The molecular weight excluding hydrogens is 283 g/mol. The fraction of sp³-hybridized carbons (Fsp3) is 0.571. The Morgan fingerprint density at radius 2 is 2.24 bits per heavy atom. The van der Waals surface area contributed by atoms with Crippen LogP contribution in [0.15, 0.2) is 12.1 Å². The molecule has 1 atom stereocenters. The Morgan fingerprint density at radius 1 is 1.48 bits per heavy atom. The second-order valence-electron chi connectivity index (χ2n) is 5.13. The van der Waals surface area contributed by atoms with Gasteiger partial charge < -0.3 is 20.7 Å². The molecule has 21 heavy (non-hydrogen) atoms. The van der Waals surface area contributed by atoms with Crippen molar-refractivity contribution in [2.75, 3.05) is 30.7 Å².